The van der Waals surface area contributed by atoms with E-state index in [2.05, 4.69) is 15.9 Å². The summed E-state index contributed by atoms with van der Waals surface area (Å²) in [5, 5.41) is 0.632. The molecule has 0 fully saturated rings. The van der Waals surface area contributed by atoms with Gasteiger partial charge in [-0.15, -0.1) is 0 Å². The molecule has 2 aromatic carbocycles. The van der Waals surface area contributed by atoms with Crippen LogP contribution in [0.4, 0.5) is 0 Å². The van der Waals surface area contributed by atoms with Gasteiger partial charge in [-0.2, -0.15) is 0 Å². The van der Waals surface area contributed by atoms with Crippen molar-refractivity contribution < 1.29 is 4.74 Å². The Morgan fingerprint density at radius 3 is 2.53 bits per heavy atom. The van der Waals surface area contributed by atoms with Crippen molar-refractivity contribution in [2.24, 2.45) is 0 Å². The molecule has 3 heteroatoms. The largest absolute Gasteiger partial charge is 0.487 e. The van der Waals surface area contributed by atoms with E-state index in [4.69, 9.17) is 16.3 Å². The summed E-state index contributed by atoms with van der Waals surface area (Å²) in [6, 6.07) is 13.9. The monoisotopic (exact) mass is 310 g/mol. The van der Waals surface area contributed by atoms with Crippen LogP contribution in [0.2, 0.25) is 5.02 Å². The predicted molar refractivity (Wildman–Crippen MR) is 74.7 cm³/mol. The number of rotatable bonds is 3. The van der Waals surface area contributed by atoms with Crippen molar-refractivity contribution in [3.8, 4) is 5.75 Å². The van der Waals surface area contributed by atoms with Gasteiger partial charge in [0.25, 0.3) is 0 Å². The summed E-state index contributed by atoms with van der Waals surface area (Å²) in [5.41, 5.74) is 2.16. The summed E-state index contributed by atoms with van der Waals surface area (Å²) in [4.78, 5) is 0. The lowest BCUT2D eigenvalue weighted by Crippen LogP contribution is -1.97. The zero-order chi connectivity index (χ0) is 12.3. The van der Waals surface area contributed by atoms with Gasteiger partial charge < -0.3 is 4.74 Å². The van der Waals surface area contributed by atoms with E-state index in [0.29, 0.717) is 11.6 Å². The Morgan fingerprint density at radius 1 is 1.18 bits per heavy atom. The van der Waals surface area contributed by atoms with E-state index in [-0.39, 0.29) is 0 Å². The van der Waals surface area contributed by atoms with Gasteiger partial charge in [0, 0.05) is 4.47 Å². The molecule has 0 saturated carbocycles. The maximum absolute atomic E-state index is 6.15. The van der Waals surface area contributed by atoms with Crippen LogP contribution in [0.5, 0.6) is 5.75 Å². The van der Waals surface area contributed by atoms with Crippen LogP contribution in [-0.2, 0) is 6.61 Å². The molecule has 0 unspecified atom stereocenters. The molecule has 0 aromatic heterocycles. The zero-order valence-electron chi connectivity index (χ0n) is 9.41. The molecule has 17 heavy (non-hydrogen) atoms. The first kappa shape index (κ1) is 12.5. The second kappa shape index (κ2) is 5.56. The summed E-state index contributed by atoms with van der Waals surface area (Å²) in [5.74, 6) is 0.749. The molecule has 0 amide bonds. The van der Waals surface area contributed by atoms with Crippen LogP contribution in [-0.4, -0.2) is 0 Å². The van der Waals surface area contributed by atoms with E-state index < -0.39 is 0 Å². The van der Waals surface area contributed by atoms with E-state index in [9.17, 15) is 0 Å². The third-order valence-electron chi connectivity index (χ3n) is 2.42. The van der Waals surface area contributed by atoms with Gasteiger partial charge in [-0.1, -0.05) is 57.9 Å². The molecule has 0 aliphatic rings. The number of hydrogen-bond donors (Lipinski definition) is 0. The minimum absolute atomic E-state index is 0.531. The lowest BCUT2D eigenvalue weighted by molar-refractivity contribution is 0.304. The van der Waals surface area contributed by atoms with E-state index >= 15 is 0 Å². The summed E-state index contributed by atoms with van der Waals surface area (Å²) in [7, 11) is 0. The summed E-state index contributed by atoms with van der Waals surface area (Å²) in [6.07, 6.45) is 0. The van der Waals surface area contributed by atoms with Crippen molar-refractivity contribution >= 4 is 27.5 Å². The highest BCUT2D eigenvalue weighted by molar-refractivity contribution is 9.10. The first-order chi connectivity index (χ1) is 8.16. The Morgan fingerprint density at radius 2 is 1.88 bits per heavy atom. The van der Waals surface area contributed by atoms with Gasteiger partial charge in [-0.05, 0) is 30.2 Å². The second-order valence-corrected chi connectivity index (χ2v) is 5.13. The van der Waals surface area contributed by atoms with Crippen LogP contribution in [0.25, 0.3) is 0 Å². The molecule has 2 rings (SSSR count). The Bertz CT molecular complexity index is 488. The number of aryl methyl sites for hydroxylation is 1. The van der Waals surface area contributed by atoms with E-state index in [1.807, 2.05) is 49.4 Å². The van der Waals surface area contributed by atoms with Crippen LogP contribution in [0.15, 0.2) is 46.9 Å². The standard InChI is InChI=1S/C14H12BrClO/c1-10-7-12(15)8-13(16)14(10)17-9-11-5-3-2-4-6-11/h2-8H,9H2,1H3. The molecule has 0 heterocycles. The zero-order valence-corrected chi connectivity index (χ0v) is 11.8. The Hall–Kier alpha value is -0.990. The Balaban J connectivity index is 2.15. The lowest BCUT2D eigenvalue weighted by atomic mass is 10.2. The first-order valence-electron chi connectivity index (χ1n) is 5.29. The molecule has 0 radical (unpaired) electrons. The molecule has 2 aromatic rings. The number of hydrogen-bond acceptors (Lipinski definition) is 1. The fourth-order valence-corrected chi connectivity index (χ4v) is 2.63. The minimum atomic E-state index is 0.531. The summed E-state index contributed by atoms with van der Waals surface area (Å²) in [6.45, 7) is 2.51. The molecular formula is C14H12BrClO. The van der Waals surface area contributed by atoms with Crippen LogP contribution < -0.4 is 4.74 Å². The highest BCUT2D eigenvalue weighted by Crippen LogP contribution is 2.32. The van der Waals surface area contributed by atoms with Gasteiger partial charge in [-0.25, -0.2) is 0 Å². The quantitative estimate of drug-likeness (QED) is 0.776. The normalized spacial score (nSPS) is 10.3. The topological polar surface area (TPSA) is 9.23 Å². The van der Waals surface area contributed by atoms with Crippen molar-refractivity contribution in [2.45, 2.75) is 13.5 Å². The lowest BCUT2D eigenvalue weighted by Gasteiger charge is -2.11. The fourth-order valence-electron chi connectivity index (χ4n) is 1.60. The van der Waals surface area contributed by atoms with Gasteiger partial charge >= 0.3 is 0 Å². The molecule has 0 saturated heterocycles. The smallest absolute Gasteiger partial charge is 0.141 e. The number of ether oxygens (including phenoxy) is 1. The van der Waals surface area contributed by atoms with Crippen molar-refractivity contribution in [1.29, 1.82) is 0 Å². The first-order valence-corrected chi connectivity index (χ1v) is 6.46. The molecule has 1 nitrogen and oxygen atoms in total. The van der Waals surface area contributed by atoms with Crippen LogP contribution in [0.3, 0.4) is 0 Å². The minimum Gasteiger partial charge on any atom is -0.487 e. The maximum atomic E-state index is 6.15. The average molecular weight is 312 g/mol. The van der Waals surface area contributed by atoms with Gasteiger partial charge in [0.2, 0.25) is 0 Å². The predicted octanol–water partition coefficient (Wildman–Crippen LogP) is 4.99. The summed E-state index contributed by atoms with van der Waals surface area (Å²) < 4.78 is 6.72. The van der Waals surface area contributed by atoms with Crippen molar-refractivity contribution in [2.75, 3.05) is 0 Å². The number of halogens is 2. The molecule has 0 spiro atoms. The molecule has 0 aliphatic heterocycles. The maximum Gasteiger partial charge on any atom is 0.141 e. The average Bonchev–Trinajstić information content (AvgIpc) is 2.29. The highest BCUT2D eigenvalue weighted by Gasteiger charge is 2.07. The third kappa shape index (κ3) is 3.24. The van der Waals surface area contributed by atoms with Crippen LogP contribution >= 0.6 is 27.5 Å². The third-order valence-corrected chi connectivity index (χ3v) is 3.16. The van der Waals surface area contributed by atoms with Gasteiger partial charge in [0.1, 0.15) is 12.4 Å². The molecule has 0 N–H and O–H groups in total. The van der Waals surface area contributed by atoms with Crippen LogP contribution in [0, 0.1) is 6.92 Å². The van der Waals surface area contributed by atoms with E-state index in [1.54, 1.807) is 0 Å². The molecular weight excluding hydrogens is 300 g/mol. The number of benzene rings is 2. The molecule has 0 aliphatic carbocycles. The van der Waals surface area contributed by atoms with E-state index in [0.717, 1.165) is 21.3 Å². The second-order valence-electron chi connectivity index (χ2n) is 3.81. The van der Waals surface area contributed by atoms with Crippen molar-refractivity contribution in [1.82, 2.24) is 0 Å². The Labute approximate surface area is 115 Å². The fraction of sp³-hybridized carbons (Fsp3) is 0.143. The molecule has 0 bridgehead atoms. The van der Waals surface area contributed by atoms with Gasteiger partial charge in [0.05, 0.1) is 5.02 Å². The van der Waals surface area contributed by atoms with Crippen molar-refractivity contribution in [3.05, 3.63) is 63.1 Å². The van der Waals surface area contributed by atoms with Gasteiger partial charge in [-0.3, -0.25) is 0 Å². The SMILES string of the molecule is Cc1cc(Br)cc(Cl)c1OCc1ccccc1. The van der Waals surface area contributed by atoms with Crippen LogP contribution in [0.1, 0.15) is 11.1 Å². The van der Waals surface area contributed by atoms with E-state index in [1.165, 1.54) is 0 Å². The summed E-state index contributed by atoms with van der Waals surface area (Å²) >= 11 is 9.55. The van der Waals surface area contributed by atoms with Gasteiger partial charge in [0.15, 0.2) is 0 Å². The molecule has 88 valence electrons. The Kier molecular flexibility index (Phi) is 4.08. The highest BCUT2D eigenvalue weighted by atomic mass is 79.9. The van der Waals surface area contributed by atoms with Crippen molar-refractivity contribution in [3.63, 3.8) is 0 Å². The molecule has 0 atom stereocenters.